The maximum absolute atomic E-state index is 12.9. The Hall–Kier alpha value is -3.08. The molecule has 0 spiro atoms. The van der Waals surface area contributed by atoms with Crippen molar-refractivity contribution in [2.24, 2.45) is 5.41 Å². The fourth-order valence-electron chi connectivity index (χ4n) is 3.40. The highest BCUT2D eigenvalue weighted by molar-refractivity contribution is 6.09. The Balaban J connectivity index is 1.86. The summed E-state index contributed by atoms with van der Waals surface area (Å²) in [7, 11) is 1.64. The van der Waals surface area contributed by atoms with E-state index in [1.54, 1.807) is 37.5 Å². The van der Waals surface area contributed by atoms with Gasteiger partial charge >= 0.3 is 0 Å². The number of hydrogen-bond donors (Lipinski definition) is 2. The van der Waals surface area contributed by atoms with Crippen LogP contribution >= 0.6 is 0 Å². The predicted octanol–water partition coefficient (Wildman–Crippen LogP) is 4.83. The number of rotatable bonds is 4. The monoisotopic (exact) mass is 406 g/mol. The van der Waals surface area contributed by atoms with Crippen LogP contribution in [0.5, 0.6) is 5.75 Å². The molecule has 1 amide bonds. The second-order valence-electron chi connectivity index (χ2n) is 9.41. The van der Waals surface area contributed by atoms with Crippen molar-refractivity contribution in [2.75, 3.05) is 12.4 Å². The zero-order chi connectivity index (χ0) is 22.1. The fourth-order valence-corrected chi connectivity index (χ4v) is 3.40. The summed E-state index contributed by atoms with van der Waals surface area (Å²) in [6.07, 6.45) is 2.50. The molecule has 0 aromatic heterocycles. The standard InChI is InChI=1S/C25H30N2O3/c1-24(2,3)23(29)26-18-10-7-16(8-11-18)22(28)14-21-20-13-19(30-6)12-9-17(20)15-25(4,5)27-21/h7-14,27H,15H2,1-6H3,(H,26,29). The average molecular weight is 407 g/mol. The van der Waals surface area contributed by atoms with Crippen molar-refractivity contribution >= 4 is 23.1 Å². The molecule has 2 aromatic carbocycles. The predicted molar refractivity (Wildman–Crippen MR) is 121 cm³/mol. The first-order chi connectivity index (χ1) is 14.0. The van der Waals surface area contributed by atoms with Crippen LogP contribution in [0.25, 0.3) is 5.70 Å². The summed E-state index contributed by atoms with van der Waals surface area (Å²) in [5.74, 6) is 0.591. The van der Waals surface area contributed by atoms with Crippen molar-refractivity contribution in [1.82, 2.24) is 5.32 Å². The van der Waals surface area contributed by atoms with Gasteiger partial charge in [-0.1, -0.05) is 26.8 Å². The number of ether oxygens (including phenoxy) is 1. The molecule has 0 saturated heterocycles. The van der Waals surface area contributed by atoms with Crippen LogP contribution in [0.15, 0.2) is 48.5 Å². The first-order valence-electron chi connectivity index (χ1n) is 10.1. The highest BCUT2D eigenvalue weighted by Gasteiger charge is 2.28. The normalized spacial score (nSPS) is 16.4. The number of methoxy groups -OCH3 is 1. The molecule has 0 bridgehead atoms. The smallest absolute Gasteiger partial charge is 0.229 e. The maximum Gasteiger partial charge on any atom is 0.229 e. The van der Waals surface area contributed by atoms with Gasteiger partial charge in [-0.3, -0.25) is 9.59 Å². The lowest BCUT2D eigenvalue weighted by Gasteiger charge is -2.35. The van der Waals surface area contributed by atoms with Crippen LogP contribution in [-0.2, 0) is 11.2 Å². The van der Waals surface area contributed by atoms with E-state index < -0.39 is 5.41 Å². The summed E-state index contributed by atoms with van der Waals surface area (Å²) in [6, 6.07) is 12.9. The van der Waals surface area contributed by atoms with Crippen LogP contribution in [-0.4, -0.2) is 24.3 Å². The zero-order valence-corrected chi connectivity index (χ0v) is 18.6. The van der Waals surface area contributed by atoms with Crippen molar-refractivity contribution in [3.8, 4) is 5.75 Å². The molecule has 2 N–H and O–H groups in total. The topological polar surface area (TPSA) is 67.4 Å². The molecule has 1 aliphatic heterocycles. The summed E-state index contributed by atoms with van der Waals surface area (Å²) in [6.45, 7) is 9.81. The van der Waals surface area contributed by atoms with E-state index >= 15 is 0 Å². The molecule has 0 unspecified atom stereocenters. The number of ketones is 1. The van der Waals surface area contributed by atoms with Gasteiger partial charge < -0.3 is 15.4 Å². The van der Waals surface area contributed by atoms with Crippen molar-refractivity contribution < 1.29 is 14.3 Å². The highest BCUT2D eigenvalue weighted by atomic mass is 16.5. The van der Waals surface area contributed by atoms with Crippen molar-refractivity contribution in [3.05, 3.63) is 65.2 Å². The van der Waals surface area contributed by atoms with E-state index in [0.717, 1.165) is 23.4 Å². The molecule has 1 aliphatic rings. The minimum absolute atomic E-state index is 0.0668. The number of benzene rings is 2. The third kappa shape index (κ3) is 4.90. The second-order valence-corrected chi connectivity index (χ2v) is 9.41. The van der Waals surface area contributed by atoms with Crippen LogP contribution in [0.4, 0.5) is 5.69 Å². The summed E-state index contributed by atoms with van der Waals surface area (Å²) < 4.78 is 5.36. The third-order valence-electron chi connectivity index (χ3n) is 5.10. The van der Waals surface area contributed by atoms with Crippen LogP contribution in [0.1, 0.15) is 56.1 Å². The molecule has 0 aliphatic carbocycles. The van der Waals surface area contributed by atoms with E-state index in [0.29, 0.717) is 11.3 Å². The number of nitrogens with one attached hydrogen (secondary N) is 2. The van der Waals surface area contributed by atoms with Gasteiger partial charge in [0, 0.05) is 39.5 Å². The molecular formula is C25H30N2O3. The van der Waals surface area contributed by atoms with E-state index in [9.17, 15) is 9.59 Å². The molecule has 1 heterocycles. The first-order valence-corrected chi connectivity index (χ1v) is 10.1. The van der Waals surface area contributed by atoms with E-state index in [4.69, 9.17) is 4.74 Å². The first kappa shape index (κ1) is 21.6. The van der Waals surface area contributed by atoms with E-state index in [1.807, 2.05) is 32.9 Å². The van der Waals surface area contributed by atoms with Gasteiger partial charge in [0.2, 0.25) is 5.91 Å². The number of hydrogen-bond acceptors (Lipinski definition) is 4. The van der Waals surface area contributed by atoms with Crippen molar-refractivity contribution in [1.29, 1.82) is 0 Å². The number of allylic oxidation sites excluding steroid dienone is 1. The van der Waals surface area contributed by atoms with Crippen molar-refractivity contribution in [3.63, 3.8) is 0 Å². The molecule has 0 fully saturated rings. The van der Waals surface area contributed by atoms with Crippen LogP contribution in [0, 0.1) is 5.41 Å². The molecule has 5 nitrogen and oxygen atoms in total. The minimum atomic E-state index is -0.479. The SMILES string of the molecule is COc1ccc2c(c1)C(=CC(=O)c1ccc(NC(=O)C(C)(C)C)cc1)NC(C)(C)C2. The Bertz CT molecular complexity index is 996. The number of anilines is 1. The van der Waals surface area contributed by atoms with E-state index in [-0.39, 0.29) is 17.2 Å². The molecule has 3 rings (SSSR count). The summed E-state index contributed by atoms with van der Waals surface area (Å²) in [5, 5.41) is 6.36. The lowest BCUT2D eigenvalue weighted by atomic mass is 9.85. The maximum atomic E-state index is 12.9. The number of fused-ring (bicyclic) bond motifs is 1. The van der Waals surface area contributed by atoms with Gasteiger partial charge in [-0.15, -0.1) is 0 Å². The molecule has 158 valence electrons. The quantitative estimate of drug-likeness (QED) is 0.564. The van der Waals surface area contributed by atoms with Gasteiger partial charge in [-0.25, -0.2) is 0 Å². The van der Waals surface area contributed by atoms with Gasteiger partial charge in [-0.05, 0) is 62.2 Å². The van der Waals surface area contributed by atoms with Gasteiger partial charge in [0.05, 0.1) is 7.11 Å². The molecule has 2 aromatic rings. The van der Waals surface area contributed by atoms with Crippen LogP contribution in [0.3, 0.4) is 0 Å². The summed E-state index contributed by atoms with van der Waals surface area (Å²) >= 11 is 0. The Morgan fingerprint density at radius 2 is 1.77 bits per heavy atom. The molecule has 30 heavy (non-hydrogen) atoms. The lowest BCUT2D eigenvalue weighted by molar-refractivity contribution is -0.123. The van der Waals surface area contributed by atoms with Crippen LogP contribution in [0.2, 0.25) is 0 Å². The zero-order valence-electron chi connectivity index (χ0n) is 18.6. The molecule has 0 atom stereocenters. The Morgan fingerprint density at radius 1 is 1.10 bits per heavy atom. The fraction of sp³-hybridized carbons (Fsp3) is 0.360. The number of carbonyl (C=O) groups is 2. The Labute approximate surface area is 178 Å². The van der Waals surface area contributed by atoms with E-state index in [2.05, 4.69) is 30.5 Å². The highest BCUT2D eigenvalue weighted by Crippen LogP contribution is 2.32. The summed E-state index contributed by atoms with van der Waals surface area (Å²) in [4.78, 5) is 25.1. The van der Waals surface area contributed by atoms with E-state index in [1.165, 1.54) is 5.56 Å². The molecule has 0 radical (unpaired) electrons. The Kier molecular flexibility index (Phi) is 5.75. The number of carbonyl (C=O) groups excluding carboxylic acids is 2. The molecule has 0 saturated carbocycles. The minimum Gasteiger partial charge on any atom is -0.497 e. The number of amides is 1. The van der Waals surface area contributed by atoms with Crippen molar-refractivity contribution in [2.45, 2.75) is 46.6 Å². The Morgan fingerprint density at radius 3 is 2.37 bits per heavy atom. The average Bonchev–Trinajstić information content (AvgIpc) is 2.66. The molecule has 5 heteroatoms. The van der Waals surface area contributed by atoms with Gasteiger partial charge in [0.25, 0.3) is 0 Å². The van der Waals surface area contributed by atoms with Gasteiger partial charge in [0.15, 0.2) is 5.78 Å². The second kappa shape index (κ2) is 7.98. The lowest BCUT2D eigenvalue weighted by Crippen LogP contribution is -2.43. The third-order valence-corrected chi connectivity index (χ3v) is 5.10. The largest absolute Gasteiger partial charge is 0.497 e. The van der Waals surface area contributed by atoms with Gasteiger partial charge in [0.1, 0.15) is 5.75 Å². The van der Waals surface area contributed by atoms with Crippen LogP contribution < -0.4 is 15.4 Å². The van der Waals surface area contributed by atoms with Gasteiger partial charge in [-0.2, -0.15) is 0 Å². The molecular weight excluding hydrogens is 376 g/mol. The summed E-state index contributed by atoms with van der Waals surface area (Å²) in [5.41, 5.74) is 3.55.